The van der Waals surface area contributed by atoms with Crippen LogP contribution in [0.25, 0.3) is 6.08 Å². The van der Waals surface area contributed by atoms with E-state index in [4.69, 9.17) is 9.15 Å². The standard InChI is InChI=1S/C14H15N3O3/c1-2-19-14-16-8-11(9-17-14)5-6-13(18)15-10-12-4-3-7-20-12/h3-9H,2,10H2,1H3,(H,15,18)/b6-5+. The van der Waals surface area contributed by atoms with E-state index in [1.165, 1.54) is 6.08 Å². The van der Waals surface area contributed by atoms with E-state index in [9.17, 15) is 4.79 Å². The number of ether oxygens (including phenoxy) is 1. The third kappa shape index (κ3) is 4.24. The van der Waals surface area contributed by atoms with Crippen LogP contribution in [0.5, 0.6) is 6.01 Å². The van der Waals surface area contributed by atoms with Gasteiger partial charge in [-0.3, -0.25) is 4.79 Å². The predicted molar refractivity (Wildman–Crippen MR) is 72.8 cm³/mol. The number of nitrogens with zero attached hydrogens (tertiary/aromatic N) is 2. The van der Waals surface area contributed by atoms with Crippen molar-refractivity contribution in [2.75, 3.05) is 6.61 Å². The number of hydrogen-bond acceptors (Lipinski definition) is 5. The Hall–Kier alpha value is -2.63. The molecule has 0 aliphatic heterocycles. The van der Waals surface area contributed by atoms with E-state index in [1.54, 1.807) is 36.9 Å². The SMILES string of the molecule is CCOc1ncc(/C=C/C(=O)NCc2ccco2)cn1. The van der Waals surface area contributed by atoms with Gasteiger partial charge in [0.1, 0.15) is 5.76 Å². The Morgan fingerprint density at radius 1 is 1.45 bits per heavy atom. The van der Waals surface area contributed by atoms with Crippen molar-refractivity contribution in [1.82, 2.24) is 15.3 Å². The van der Waals surface area contributed by atoms with Gasteiger partial charge in [0.25, 0.3) is 0 Å². The third-order valence-corrected chi connectivity index (χ3v) is 2.37. The van der Waals surface area contributed by atoms with Crippen LogP contribution in [0.3, 0.4) is 0 Å². The summed E-state index contributed by atoms with van der Waals surface area (Å²) in [7, 11) is 0. The Bertz CT molecular complexity index is 562. The first-order valence-corrected chi connectivity index (χ1v) is 6.21. The maximum atomic E-state index is 11.6. The highest BCUT2D eigenvalue weighted by atomic mass is 16.5. The molecule has 6 heteroatoms. The van der Waals surface area contributed by atoms with Gasteiger partial charge in [0, 0.05) is 24.0 Å². The molecule has 0 atom stereocenters. The van der Waals surface area contributed by atoms with Crippen molar-refractivity contribution >= 4 is 12.0 Å². The van der Waals surface area contributed by atoms with Crippen molar-refractivity contribution in [3.63, 3.8) is 0 Å². The molecule has 2 aromatic heterocycles. The molecule has 0 spiro atoms. The van der Waals surface area contributed by atoms with Gasteiger partial charge in [0.05, 0.1) is 19.4 Å². The molecule has 0 aliphatic rings. The van der Waals surface area contributed by atoms with Crippen molar-refractivity contribution in [3.05, 3.63) is 48.2 Å². The Morgan fingerprint density at radius 2 is 2.25 bits per heavy atom. The number of hydrogen-bond donors (Lipinski definition) is 1. The van der Waals surface area contributed by atoms with Gasteiger partial charge in [-0.15, -0.1) is 0 Å². The molecule has 1 N–H and O–H groups in total. The summed E-state index contributed by atoms with van der Waals surface area (Å²) in [6.07, 6.45) is 7.80. The van der Waals surface area contributed by atoms with E-state index in [0.29, 0.717) is 24.9 Å². The van der Waals surface area contributed by atoms with Crippen molar-refractivity contribution in [2.24, 2.45) is 0 Å². The van der Waals surface area contributed by atoms with Crippen molar-refractivity contribution < 1.29 is 13.9 Å². The minimum atomic E-state index is -0.213. The summed E-state index contributed by atoms with van der Waals surface area (Å²) in [6, 6.07) is 3.89. The molecule has 104 valence electrons. The van der Waals surface area contributed by atoms with Crippen molar-refractivity contribution in [2.45, 2.75) is 13.5 Å². The van der Waals surface area contributed by atoms with E-state index in [1.807, 2.05) is 6.92 Å². The summed E-state index contributed by atoms with van der Waals surface area (Å²) >= 11 is 0. The molecule has 20 heavy (non-hydrogen) atoms. The lowest BCUT2D eigenvalue weighted by atomic mass is 10.3. The highest BCUT2D eigenvalue weighted by Gasteiger charge is 1.99. The number of carbonyl (C=O) groups excluding carboxylic acids is 1. The Morgan fingerprint density at radius 3 is 2.90 bits per heavy atom. The average Bonchev–Trinajstić information content (AvgIpc) is 2.98. The predicted octanol–water partition coefficient (Wildman–Crippen LogP) is 1.80. The zero-order chi connectivity index (χ0) is 14.2. The van der Waals surface area contributed by atoms with Crippen LogP contribution in [0.2, 0.25) is 0 Å². The van der Waals surface area contributed by atoms with E-state index in [0.717, 1.165) is 5.56 Å². The largest absolute Gasteiger partial charge is 0.467 e. The summed E-state index contributed by atoms with van der Waals surface area (Å²) in [5, 5.41) is 2.70. The summed E-state index contributed by atoms with van der Waals surface area (Å²) in [5.41, 5.74) is 0.724. The molecule has 2 rings (SSSR count). The van der Waals surface area contributed by atoms with Gasteiger partial charge in [-0.2, -0.15) is 0 Å². The second-order valence-electron chi connectivity index (χ2n) is 3.86. The first-order chi connectivity index (χ1) is 9.78. The second-order valence-corrected chi connectivity index (χ2v) is 3.86. The second kappa shape index (κ2) is 7.08. The first-order valence-electron chi connectivity index (χ1n) is 6.21. The Balaban J connectivity index is 1.83. The number of aromatic nitrogens is 2. The minimum absolute atomic E-state index is 0.213. The Labute approximate surface area is 116 Å². The van der Waals surface area contributed by atoms with Crippen molar-refractivity contribution in [1.29, 1.82) is 0 Å². The third-order valence-electron chi connectivity index (χ3n) is 2.37. The fourth-order valence-electron chi connectivity index (χ4n) is 1.43. The summed E-state index contributed by atoms with van der Waals surface area (Å²) in [5.74, 6) is 0.492. The van der Waals surface area contributed by atoms with Crippen LogP contribution in [0.4, 0.5) is 0 Å². The van der Waals surface area contributed by atoms with E-state index in [2.05, 4.69) is 15.3 Å². The maximum Gasteiger partial charge on any atom is 0.316 e. The normalized spacial score (nSPS) is 10.7. The fraction of sp³-hybridized carbons (Fsp3) is 0.214. The average molecular weight is 273 g/mol. The zero-order valence-electron chi connectivity index (χ0n) is 11.1. The zero-order valence-corrected chi connectivity index (χ0v) is 11.1. The van der Waals surface area contributed by atoms with E-state index >= 15 is 0 Å². The van der Waals surface area contributed by atoms with Gasteiger partial charge < -0.3 is 14.5 Å². The molecule has 2 aromatic rings. The molecule has 0 bridgehead atoms. The lowest BCUT2D eigenvalue weighted by molar-refractivity contribution is -0.116. The molecule has 0 saturated heterocycles. The molecule has 0 radical (unpaired) electrons. The fourth-order valence-corrected chi connectivity index (χ4v) is 1.43. The maximum absolute atomic E-state index is 11.6. The van der Waals surface area contributed by atoms with Crippen LogP contribution in [0.1, 0.15) is 18.2 Å². The van der Waals surface area contributed by atoms with Crippen LogP contribution < -0.4 is 10.1 Å². The monoisotopic (exact) mass is 273 g/mol. The quantitative estimate of drug-likeness (QED) is 0.812. The molecular weight excluding hydrogens is 258 g/mol. The van der Waals surface area contributed by atoms with Gasteiger partial charge in [0.15, 0.2) is 0 Å². The van der Waals surface area contributed by atoms with Crippen LogP contribution in [0.15, 0.2) is 41.3 Å². The molecule has 1 amide bonds. The Kier molecular flexibility index (Phi) is 4.88. The molecule has 0 saturated carbocycles. The highest BCUT2D eigenvalue weighted by molar-refractivity contribution is 5.91. The van der Waals surface area contributed by atoms with Crippen LogP contribution >= 0.6 is 0 Å². The topological polar surface area (TPSA) is 77.2 Å². The van der Waals surface area contributed by atoms with Gasteiger partial charge in [-0.05, 0) is 25.1 Å². The highest BCUT2D eigenvalue weighted by Crippen LogP contribution is 2.04. The molecule has 0 aliphatic carbocycles. The number of amides is 1. The van der Waals surface area contributed by atoms with Crippen LogP contribution in [-0.2, 0) is 11.3 Å². The van der Waals surface area contributed by atoms with Gasteiger partial charge in [-0.1, -0.05) is 0 Å². The summed E-state index contributed by atoms with van der Waals surface area (Å²) in [6.45, 7) is 2.74. The van der Waals surface area contributed by atoms with Gasteiger partial charge >= 0.3 is 6.01 Å². The number of nitrogens with one attached hydrogen (secondary N) is 1. The minimum Gasteiger partial charge on any atom is -0.467 e. The van der Waals surface area contributed by atoms with Gasteiger partial charge in [-0.25, -0.2) is 9.97 Å². The number of carbonyl (C=O) groups is 1. The summed E-state index contributed by atoms with van der Waals surface area (Å²) in [4.78, 5) is 19.6. The molecule has 0 aromatic carbocycles. The number of rotatable bonds is 6. The van der Waals surface area contributed by atoms with Crippen LogP contribution in [-0.4, -0.2) is 22.5 Å². The van der Waals surface area contributed by atoms with Gasteiger partial charge in [0.2, 0.25) is 5.91 Å². The van der Waals surface area contributed by atoms with E-state index in [-0.39, 0.29) is 5.91 Å². The molecular formula is C14H15N3O3. The summed E-state index contributed by atoms with van der Waals surface area (Å²) < 4.78 is 10.2. The molecule has 0 fully saturated rings. The lowest BCUT2D eigenvalue weighted by Crippen LogP contribution is -2.19. The smallest absolute Gasteiger partial charge is 0.316 e. The molecule has 2 heterocycles. The van der Waals surface area contributed by atoms with Crippen LogP contribution in [0, 0.1) is 0 Å². The molecule has 6 nitrogen and oxygen atoms in total. The number of furan rings is 1. The first kappa shape index (κ1) is 13.8. The molecule has 0 unspecified atom stereocenters. The van der Waals surface area contributed by atoms with Crippen molar-refractivity contribution in [3.8, 4) is 6.01 Å². The lowest BCUT2D eigenvalue weighted by Gasteiger charge is -2.00. The van der Waals surface area contributed by atoms with E-state index < -0.39 is 0 Å².